The summed E-state index contributed by atoms with van der Waals surface area (Å²) in [5.74, 6) is 0.225. The zero-order valence-electron chi connectivity index (χ0n) is 19.1. The molecule has 0 radical (unpaired) electrons. The Bertz CT molecular complexity index is 882. The second-order valence-electron chi connectivity index (χ2n) is 9.02. The summed E-state index contributed by atoms with van der Waals surface area (Å²) in [5.41, 5.74) is 2.27. The standard InChI is InChI=1S/C25H34N2O4/c1-5-12-27-21-10-8-7-9-20(21)25(24(27)29)11-13-26-15-17(6-2)18(14-22(25)26)19(16-30-3)23(28)31-4/h7-10,16-18,22H,5-6,11-15H2,1-4H3/b19-16+/t17-,18+,22+,25-/m1/s1. The Labute approximate surface area is 185 Å². The number of methoxy groups -OCH3 is 2. The van der Waals surface area contributed by atoms with Crippen LogP contribution in [0.3, 0.4) is 0 Å². The topological polar surface area (TPSA) is 59.1 Å². The molecule has 1 aromatic rings. The van der Waals surface area contributed by atoms with E-state index >= 15 is 0 Å². The van der Waals surface area contributed by atoms with Gasteiger partial charge in [0.15, 0.2) is 0 Å². The van der Waals surface area contributed by atoms with Crippen molar-refractivity contribution in [2.75, 3.05) is 38.8 Å². The van der Waals surface area contributed by atoms with Crippen LogP contribution in [0.15, 0.2) is 36.1 Å². The molecule has 6 nitrogen and oxygen atoms in total. The van der Waals surface area contributed by atoms with Crippen LogP contribution in [0.5, 0.6) is 0 Å². The summed E-state index contributed by atoms with van der Waals surface area (Å²) in [7, 11) is 2.98. The Morgan fingerprint density at radius 3 is 2.71 bits per heavy atom. The average molecular weight is 427 g/mol. The summed E-state index contributed by atoms with van der Waals surface area (Å²) in [4.78, 5) is 31.0. The molecule has 1 amide bonds. The smallest absolute Gasteiger partial charge is 0.337 e. The molecule has 1 spiro atoms. The number of ether oxygens (including phenoxy) is 2. The highest BCUT2D eigenvalue weighted by molar-refractivity contribution is 6.09. The highest BCUT2D eigenvalue weighted by atomic mass is 16.5. The van der Waals surface area contributed by atoms with Crippen molar-refractivity contribution in [2.45, 2.75) is 51.0 Å². The Balaban J connectivity index is 1.76. The summed E-state index contributed by atoms with van der Waals surface area (Å²) in [5, 5.41) is 0. The number of carbonyl (C=O) groups excluding carboxylic acids is 2. The van der Waals surface area contributed by atoms with Crippen LogP contribution in [0.1, 0.15) is 45.1 Å². The van der Waals surface area contributed by atoms with E-state index in [2.05, 4.69) is 30.9 Å². The molecule has 6 heteroatoms. The van der Waals surface area contributed by atoms with Crippen LogP contribution in [0.4, 0.5) is 5.69 Å². The van der Waals surface area contributed by atoms with Crippen LogP contribution in [-0.2, 0) is 24.5 Å². The fourth-order valence-corrected chi connectivity index (χ4v) is 6.27. The number of nitrogens with zero attached hydrogens (tertiary/aromatic N) is 2. The number of benzene rings is 1. The van der Waals surface area contributed by atoms with E-state index in [1.165, 1.54) is 7.11 Å². The maximum atomic E-state index is 13.9. The van der Waals surface area contributed by atoms with Gasteiger partial charge >= 0.3 is 5.97 Å². The van der Waals surface area contributed by atoms with E-state index in [0.717, 1.165) is 56.6 Å². The van der Waals surface area contributed by atoms with E-state index in [-0.39, 0.29) is 23.8 Å². The molecule has 2 fully saturated rings. The summed E-state index contributed by atoms with van der Waals surface area (Å²) in [6.07, 6.45) is 5.02. The molecule has 3 heterocycles. The molecule has 1 aromatic carbocycles. The largest absolute Gasteiger partial charge is 0.504 e. The molecule has 0 aliphatic carbocycles. The molecule has 31 heavy (non-hydrogen) atoms. The summed E-state index contributed by atoms with van der Waals surface area (Å²) < 4.78 is 10.4. The van der Waals surface area contributed by atoms with Crippen LogP contribution in [0.2, 0.25) is 0 Å². The van der Waals surface area contributed by atoms with Crippen LogP contribution in [0.25, 0.3) is 0 Å². The van der Waals surface area contributed by atoms with Crippen LogP contribution in [0, 0.1) is 11.8 Å². The predicted molar refractivity (Wildman–Crippen MR) is 120 cm³/mol. The highest BCUT2D eigenvalue weighted by Gasteiger charge is 2.61. The lowest BCUT2D eigenvalue weighted by Gasteiger charge is -2.45. The van der Waals surface area contributed by atoms with Crippen molar-refractivity contribution in [1.29, 1.82) is 0 Å². The van der Waals surface area contributed by atoms with E-state index in [1.807, 2.05) is 17.0 Å². The van der Waals surface area contributed by atoms with Crippen LogP contribution >= 0.6 is 0 Å². The van der Waals surface area contributed by atoms with Crippen molar-refractivity contribution in [3.8, 4) is 0 Å². The van der Waals surface area contributed by atoms with E-state index in [9.17, 15) is 9.59 Å². The third-order valence-electron chi connectivity index (χ3n) is 7.66. The summed E-state index contributed by atoms with van der Waals surface area (Å²) >= 11 is 0. The normalized spacial score (nSPS) is 30.5. The molecule has 3 aliphatic heterocycles. The van der Waals surface area contributed by atoms with Gasteiger partial charge in [0, 0.05) is 24.8 Å². The van der Waals surface area contributed by atoms with Gasteiger partial charge in [-0.15, -0.1) is 0 Å². The van der Waals surface area contributed by atoms with Gasteiger partial charge in [0.25, 0.3) is 0 Å². The van der Waals surface area contributed by atoms with E-state index in [1.54, 1.807) is 13.4 Å². The first kappa shape index (κ1) is 21.9. The number of carbonyl (C=O) groups is 2. The Morgan fingerprint density at radius 1 is 1.26 bits per heavy atom. The molecule has 0 aromatic heterocycles. The Hall–Kier alpha value is -2.34. The molecule has 168 valence electrons. The molecule has 2 saturated heterocycles. The van der Waals surface area contributed by atoms with Gasteiger partial charge in [0.05, 0.1) is 31.5 Å². The molecule has 0 saturated carbocycles. The van der Waals surface area contributed by atoms with Crippen molar-refractivity contribution in [3.05, 3.63) is 41.7 Å². The lowest BCUT2D eigenvalue weighted by molar-refractivity contribution is -0.137. The maximum Gasteiger partial charge on any atom is 0.337 e. The van der Waals surface area contributed by atoms with Gasteiger partial charge in [0.1, 0.15) is 0 Å². The third-order valence-corrected chi connectivity index (χ3v) is 7.66. The first-order valence-electron chi connectivity index (χ1n) is 11.5. The second-order valence-corrected chi connectivity index (χ2v) is 9.02. The zero-order chi connectivity index (χ0) is 22.2. The van der Waals surface area contributed by atoms with Gasteiger partial charge in [-0.05, 0) is 49.3 Å². The zero-order valence-corrected chi connectivity index (χ0v) is 19.1. The monoisotopic (exact) mass is 426 g/mol. The quantitative estimate of drug-likeness (QED) is 0.396. The van der Waals surface area contributed by atoms with Gasteiger partial charge in [-0.25, -0.2) is 4.79 Å². The molecule has 3 aliphatic rings. The van der Waals surface area contributed by atoms with Gasteiger partial charge in [0.2, 0.25) is 5.91 Å². The molecule has 4 atom stereocenters. The van der Waals surface area contributed by atoms with Gasteiger partial charge in [-0.1, -0.05) is 38.5 Å². The second kappa shape index (κ2) is 8.65. The average Bonchev–Trinajstić information content (AvgIpc) is 3.28. The Morgan fingerprint density at radius 2 is 2.03 bits per heavy atom. The number of piperidine rings is 1. The molecular weight excluding hydrogens is 392 g/mol. The first-order valence-corrected chi connectivity index (χ1v) is 11.5. The number of hydrogen-bond acceptors (Lipinski definition) is 5. The number of para-hydroxylation sites is 1. The number of anilines is 1. The number of esters is 1. The minimum absolute atomic E-state index is 0.00816. The Kier molecular flexibility index (Phi) is 6.11. The molecule has 0 bridgehead atoms. The van der Waals surface area contributed by atoms with Crippen LogP contribution < -0.4 is 4.90 Å². The minimum atomic E-state index is -0.531. The SMILES string of the molecule is CCCN1C(=O)[C@]2(CCN3C[C@@H](CC)[C@@H](/C(=C\OC)C(=O)OC)C[C@H]32)c2ccccc21. The summed E-state index contributed by atoms with van der Waals surface area (Å²) in [6.45, 7) is 6.82. The van der Waals surface area contributed by atoms with Gasteiger partial charge in [-0.2, -0.15) is 0 Å². The third kappa shape index (κ3) is 3.27. The van der Waals surface area contributed by atoms with E-state index in [4.69, 9.17) is 9.47 Å². The highest BCUT2D eigenvalue weighted by Crippen LogP contribution is 2.55. The minimum Gasteiger partial charge on any atom is -0.504 e. The van der Waals surface area contributed by atoms with Gasteiger partial charge < -0.3 is 14.4 Å². The van der Waals surface area contributed by atoms with E-state index in [0.29, 0.717) is 11.5 Å². The molecule has 4 rings (SSSR count). The van der Waals surface area contributed by atoms with E-state index < -0.39 is 5.41 Å². The van der Waals surface area contributed by atoms with Crippen molar-refractivity contribution in [3.63, 3.8) is 0 Å². The molecule has 0 unspecified atom stereocenters. The fraction of sp³-hybridized carbons (Fsp3) is 0.600. The first-order chi connectivity index (χ1) is 15.0. The van der Waals surface area contributed by atoms with Gasteiger partial charge in [-0.3, -0.25) is 9.69 Å². The lowest BCUT2D eigenvalue weighted by Crippen LogP contribution is -2.55. The predicted octanol–water partition coefficient (Wildman–Crippen LogP) is 3.50. The summed E-state index contributed by atoms with van der Waals surface area (Å²) in [6, 6.07) is 8.36. The number of rotatable bonds is 6. The van der Waals surface area contributed by atoms with Crippen molar-refractivity contribution >= 4 is 17.6 Å². The number of fused-ring (bicyclic) bond motifs is 4. The van der Waals surface area contributed by atoms with Crippen molar-refractivity contribution in [1.82, 2.24) is 4.90 Å². The fourth-order valence-electron chi connectivity index (χ4n) is 6.27. The van der Waals surface area contributed by atoms with Crippen LogP contribution in [-0.4, -0.2) is 56.7 Å². The number of amides is 1. The number of hydrogen-bond donors (Lipinski definition) is 0. The molecular formula is C25H34N2O4. The lowest BCUT2D eigenvalue weighted by atomic mass is 9.67. The molecule has 0 N–H and O–H groups in total. The maximum absolute atomic E-state index is 13.9. The van der Waals surface area contributed by atoms with Crippen molar-refractivity contribution < 1.29 is 19.1 Å². The van der Waals surface area contributed by atoms with Crippen molar-refractivity contribution in [2.24, 2.45) is 11.8 Å².